The highest BCUT2D eigenvalue weighted by atomic mass is 35.5. The SMILES string of the molecule is Cl.Fc1ccc(CN2CCNCC2c2cccnc2)cc1C(F)(F)F. The van der Waals surface area contributed by atoms with Gasteiger partial charge in [0.25, 0.3) is 0 Å². The third kappa shape index (κ3) is 4.68. The number of pyridine rings is 1. The Morgan fingerprint density at radius 2 is 2.04 bits per heavy atom. The molecule has 1 aliphatic heterocycles. The van der Waals surface area contributed by atoms with Gasteiger partial charge in [0.05, 0.1) is 5.56 Å². The summed E-state index contributed by atoms with van der Waals surface area (Å²) < 4.78 is 52.1. The quantitative estimate of drug-likeness (QED) is 0.827. The molecule has 1 N–H and O–H groups in total. The van der Waals surface area contributed by atoms with Crippen molar-refractivity contribution in [3.05, 3.63) is 65.2 Å². The summed E-state index contributed by atoms with van der Waals surface area (Å²) in [5.41, 5.74) is 0.232. The van der Waals surface area contributed by atoms with Crippen LogP contribution in [0, 0.1) is 5.82 Å². The first-order valence-electron chi connectivity index (χ1n) is 7.65. The molecule has 3 nitrogen and oxygen atoms in total. The number of halogens is 5. The highest BCUT2D eigenvalue weighted by Crippen LogP contribution is 2.32. The average Bonchev–Trinajstić information content (AvgIpc) is 2.57. The molecule has 136 valence electrons. The second-order valence-corrected chi connectivity index (χ2v) is 5.79. The summed E-state index contributed by atoms with van der Waals surface area (Å²) in [6, 6.07) is 7.00. The maximum Gasteiger partial charge on any atom is 0.419 e. The second kappa shape index (κ2) is 8.12. The Morgan fingerprint density at radius 1 is 1.24 bits per heavy atom. The van der Waals surface area contributed by atoms with E-state index in [2.05, 4.69) is 15.2 Å². The number of rotatable bonds is 3. The molecule has 1 saturated heterocycles. The summed E-state index contributed by atoms with van der Waals surface area (Å²) >= 11 is 0. The van der Waals surface area contributed by atoms with E-state index in [1.165, 1.54) is 6.07 Å². The van der Waals surface area contributed by atoms with Crippen LogP contribution in [0.5, 0.6) is 0 Å². The zero-order valence-corrected chi connectivity index (χ0v) is 14.1. The Kier molecular flexibility index (Phi) is 6.37. The first-order chi connectivity index (χ1) is 11.4. The number of hydrogen-bond acceptors (Lipinski definition) is 3. The Bertz CT molecular complexity index is 694. The molecule has 2 heterocycles. The van der Waals surface area contributed by atoms with E-state index in [1.807, 2.05) is 12.1 Å². The van der Waals surface area contributed by atoms with E-state index in [4.69, 9.17) is 0 Å². The molecule has 1 aliphatic rings. The third-order valence-electron chi connectivity index (χ3n) is 4.15. The number of hydrogen-bond donors (Lipinski definition) is 1. The summed E-state index contributed by atoms with van der Waals surface area (Å²) in [7, 11) is 0. The Labute approximate surface area is 149 Å². The van der Waals surface area contributed by atoms with Crippen molar-refractivity contribution in [3.8, 4) is 0 Å². The molecular formula is C17H18ClF4N3. The highest BCUT2D eigenvalue weighted by molar-refractivity contribution is 5.85. The molecule has 1 fully saturated rings. The van der Waals surface area contributed by atoms with Crippen molar-refractivity contribution in [2.75, 3.05) is 19.6 Å². The molecule has 8 heteroatoms. The Morgan fingerprint density at radius 3 is 2.72 bits per heavy atom. The molecular weight excluding hydrogens is 358 g/mol. The summed E-state index contributed by atoms with van der Waals surface area (Å²) in [5.74, 6) is -1.24. The molecule has 0 saturated carbocycles. The van der Waals surface area contributed by atoms with Gasteiger partial charge in [-0.15, -0.1) is 12.4 Å². The second-order valence-electron chi connectivity index (χ2n) is 5.79. The van der Waals surface area contributed by atoms with Gasteiger partial charge in [0.1, 0.15) is 5.82 Å². The van der Waals surface area contributed by atoms with Crippen molar-refractivity contribution in [1.29, 1.82) is 0 Å². The molecule has 2 aromatic rings. The highest BCUT2D eigenvalue weighted by Gasteiger charge is 2.34. The fraction of sp³-hybridized carbons (Fsp3) is 0.353. The van der Waals surface area contributed by atoms with Crippen LogP contribution in [-0.4, -0.2) is 29.5 Å². The van der Waals surface area contributed by atoms with Crippen LogP contribution in [0.1, 0.15) is 22.7 Å². The minimum absolute atomic E-state index is 0. The van der Waals surface area contributed by atoms with Crippen LogP contribution in [0.2, 0.25) is 0 Å². The van der Waals surface area contributed by atoms with Crippen LogP contribution < -0.4 is 5.32 Å². The third-order valence-corrected chi connectivity index (χ3v) is 4.15. The number of piperazine rings is 1. The summed E-state index contributed by atoms with van der Waals surface area (Å²) in [4.78, 5) is 6.19. The van der Waals surface area contributed by atoms with Crippen molar-refractivity contribution in [3.63, 3.8) is 0 Å². The lowest BCUT2D eigenvalue weighted by Crippen LogP contribution is -2.45. The molecule has 25 heavy (non-hydrogen) atoms. The number of nitrogens with zero attached hydrogens (tertiary/aromatic N) is 2. The summed E-state index contributed by atoms with van der Waals surface area (Å²) in [5, 5.41) is 3.28. The molecule has 1 aromatic heterocycles. The standard InChI is InChI=1S/C17H17F4N3.ClH/c18-15-4-3-12(8-14(15)17(19,20)21)11-24-7-6-23-10-16(24)13-2-1-5-22-9-13;/h1-5,8-9,16,23H,6-7,10-11H2;1H. The molecule has 1 aromatic carbocycles. The van der Waals surface area contributed by atoms with Gasteiger partial charge in [0.15, 0.2) is 0 Å². The Balaban J connectivity index is 0.00000225. The van der Waals surface area contributed by atoms with Crippen LogP contribution in [-0.2, 0) is 12.7 Å². The molecule has 0 amide bonds. The van der Waals surface area contributed by atoms with Crippen molar-refractivity contribution < 1.29 is 17.6 Å². The van der Waals surface area contributed by atoms with Gasteiger partial charge >= 0.3 is 6.18 Å². The lowest BCUT2D eigenvalue weighted by atomic mass is 10.0. The van der Waals surface area contributed by atoms with Crippen LogP contribution in [0.4, 0.5) is 17.6 Å². The van der Waals surface area contributed by atoms with E-state index in [1.54, 1.807) is 12.4 Å². The van der Waals surface area contributed by atoms with E-state index >= 15 is 0 Å². The molecule has 0 bridgehead atoms. The van der Waals surface area contributed by atoms with Crippen LogP contribution >= 0.6 is 12.4 Å². The molecule has 1 atom stereocenters. The lowest BCUT2D eigenvalue weighted by molar-refractivity contribution is -0.140. The smallest absolute Gasteiger partial charge is 0.314 e. The van der Waals surface area contributed by atoms with Crippen LogP contribution in [0.25, 0.3) is 0 Å². The number of alkyl halides is 3. The zero-order chi connectivity index (χ0) is 17.2. The van der Waals surface area contributed by atoms with E-state index < -0.39 is 17.6 Å². The van der Waals surface area contributed by atoms with Gasteiger partial charge in [-0.05, 0) is 29.3 Å². The fourth-order valence-electron chi connectivity index (χ4n) is 2.96. The maximum atomic E-state index is 13.4. The topological polar surface area (TPSA) is 28.2 Å². The minimum Gasteiger partial charge on any atom is -0.314 e. The maximum absolute atomic E-state index is 13.4. The van der Waals surface area contributed by atoms with E-state index in [-0.39, 0.29) is 18.4 Å². The van der Waals surface area contributed by atoms with Crippen LogP contribution in [0.3, 0.4) is 0 Å². The van der Waals surface area contributed by atoms with Crippen molar-refractivity contribution >= 4 is 12.4 Å². The first kappa shape index (κ1) is 19.6. The molecule has 0 radical (unpaired) electrons. The largest absolute Gasteiger partial charge is 0.419 e. The van der Waals surface area contributed by atoms with E-state index in [0.717, 1.165) is 24.2 Å². The van der Waals surface area contributed by atoms with Gasteiger partial charge in [-0.3, -0.25) is 9.88 Å². The van der Waals surface area contributed by atoms with Gasteiger partial charge in [0.2, 0.25) is 0 Å². The van der Waals surface area contributed by atoms with Crippen molar-refractivity contribution in [2.45, 2.75) is 18.8 Å². The van der Waals surface area contributed by atoms with Crippen molar-refractivity contribution in [2.24, 2.45) is 0 Å². The van der Waals surface area contributed by atoms with Gasteiger partial charge < -0.3 is 5.32 Å². The summed E-state index contributed by atoms with van der Waals surface area (Å²) in [6.07, 6.45) is -1.25. The fourth-order valence-corrected chi connectivity index (χ4v) is 2.96. The predicted octanol–water partition coefficient (Wildman–Crippen LogP) is 3.81. The zero-order valence-electron chi connectivity index (χ0n) is 13.3. The van der Waals surface area contributed by atoms with Crippen LogP contribution in [0.15, 0.2) is 42.7 Å². The lowest BCUT2D eigenvalue weighted by Gasteiger charge is -2.36. The van der Waals surface area contributed by atoms with Gasteiger partial charge in [-0.2, -0.15) is 13.2 Å². The number of aromatic nitrogens is 1. The van der Waals surface area contributed by atoms with Gasteiger partial charge in [-0.1, -0.05) is 12.1 Å². The molecule has 3 rings (SSSR count). The first-order valence-corrected chi connectivity index (χ1v) is 7.65. The molecule has 0 spiro atoms. The van der Waals surface area contributed by atoms with Crippen molar-refractivity contribution in [1.82, 2.24) is 15.2 Å². The number of nitrogens with one attached hydrogen (secondary N) is 1. The predicted molar refractivity (Wildman–Crippen MR) is 88.9 cm³/mol. The van der Waals surface area contributed by atoms with E-state index in [9.17, 15) is 17.6 Å². The number of benzene rings is 1. The minimum atomic E-state index is -4.69. The molecule has 1 unspecified atom stereocenters. The Hall–Kier alpha value is -1.70. The average molecular weight is 376 g/mol. The van der Waals surface area contributed by atoms with Gasteiger partial charge in [-0.25, -0.2) is 4.39 Å². The van der Waals surface area contributed by atoms with E-state index in [0.29, 0.717) is 25.2 Å². The normalized spacial score (nSPS) is 18.6. The summed E-state index contributed by atoms with van der Waals surface area (Å²) in [6.45, 7) is 2.46. The molecule has 0 aliphatic carbocycles. The monoisotopic (exact) mass is 375 g/mol. The van der Waals surface area contributed by atoms with Gasteiger partial charge in [0, 0.05) is 44.6 Å².